The molecule has 2 heterocycles. The zero-order valence-corrected chi connectivity index (χ0v) is 13.3. The van der Waals surface area contributed by atoms with Crippen LogP contribution in [0.4, 0.5) is 0 Å². The molecule has 20 heavy (non-hydrogen) atoms. The molecule has 110 valence electrons. The number of thioether (sulfide) groups is 1. The first kappa shape index (κ1) is 15.7. The van der Waals surface area contributed by atoms with Gasteiger partial charge in [0.1, 0.15) is 0 Å². The molecular formula is C15H21ClN2OS. The molecule has 0 bridgehead atoms. The molecule has 1 fully saturated rings. The van der Waals surface area contributed by atoms with Gasteiger partial charge in [0.15, 0.2) is 0 Å². The summed E-state index contributed by atoms with van der Waals surface area (Å²) in [6.07, 6.45) is 1.92. The summed E-state index contributed by atoms with van der Waals surface area (Å²) in [7, 11) is 0. The van der Waals surface area contributed by atoms with E-state index in [0.29, 0.717) is 24.4 Å². The van der Waals surface area contributed by atoms with Gasteiger partial charge in [-0.15, -0.1) is 24.2 Å². The van der Waals surface area contributed by atoms with Gasteiger partial charge in [-0.25, -0.2) is 0 Å². The van der Waals surface area contributed by atoms with Crippen molar-refractivity contribution < 1.29 is 4.79 Å². The lowest BCUT2D eigenvalue weighted by molar-refractivity contribution is -0.131. The Labute approximate surface area is 130 Å². The Balaban J connectivity index is 0.00000147. The van der Waals surface area contributed by atoms with Crippen molar-refractivity contribution in [2.24, 2.45) is 11.7 Å². The predicted molar refractivity (Wildman–Crippen MR) is 85.4 cm³/mol. The number of halogens is 1. The number of hydrogen-bond donors (Lipinski definition) is 1. The lowest BCUT2D eigenvalue weighted by Gasteiger charge is -2.24. The first-order valence-electron chi connectivity index (χ1n) is 6.94. The summed E-state index contributed by atoms with van der Waals surface area (Å²) >= 11 is 1.72. The maximum atomic E-state index is 12.7. The van der Waals surface area contributed by atoms with Gasteiger partial charge in [-0.3, -0.25) is 4.79 Å². The van der Waals surface area contributed by atoms with Crippen LogP contribution in [0.5, 0.6) is 0 Å². The topological polar surface area (TPSA) is 46.3 Å². The fraction of sp³-hybridized carbons (Fsp3) is 0.533. The third-order valence-corrected chi connectivity index (χ3v) is 5.51. The Hall–Kier alpha value is -0.710. The third kappa shape index (κ3) is 2.83. The van der Waals surface area contributed by atoms with Crippen LogP contribution in [0.25, 0.3) is 0 Å². The van der Waals surface area contributed by atoms with E-state index in [4.69, 9.17) is 5.73 Å². The van der Waals surface area contributed by atoms with E-state index in [-0.39, 0.29) is 17.7 Å². The second-order valence-electron chi connectivity index (χ2n) is 5.60. The van der Waals surface area contributed by atoms with E-state index in [1.807, 2.05) is 11.0 Å². The Morgan fingerprint density at radius 1 is 1.45 bits per heavy atom. The lowest BCUT2D eigenvalue weighted by atomic mass is 10.1. The van der Waals surface area contributed by atoms with E-state index < -0.39 is 0 Å². The normalized spacial score (nSPS) is 28.1. The molecule has 1 saturated heterocycles. The van der Waals surface area contributed by atoms with Crippen molar-refractivity contribution in [2.75, 3.05) is 13.1 Å². The van der Waals surface area contributed by atoms with Crippen molar-refractivity contribution in [3.63, 3.8) is 0 Å². The number of fused-ring (bicyclic) bond motifs is 1. The van der Waals surface area contributed by atoms with E-state index in [2.05, 4.69) is 25.1 Å². The lowest BCUT2D eigenvalue weighted by Crippen LogP contribution is -2.40. The zero-order chi connectivity index (χ0) is 13.4. The summed E-state index contributed by atoms with van der Waals surface area (Å²) in [5.74, 6) is 0.775. The maximum Gasteiger partial charge on any atom is 0.236 e. The number of carbonyl (C=O) groups is 1. The highest BCUT2D eigenvalue weighted by Gasteiger charge is 2.37. The number of benzene rings is 1. The van der Waals surface area contributed by atoms with Crippen molar-refractivity contribution in [1.29, 1.82) is 0 Å². The zero-order valence-electron chi connectivity index (χ0n) is 11.6. The summed E-state index contributed by atoms with van der Waals surface area (Å²) in [5, 5.41) is 0.0661. The van der Waals surface area contributed by atoms with Crippen LogP contribution >= 0.6 is 24.2 Å². The molecule has 1 amide bonds. The molecule has 2 N–H and O–H groups in total. The van der Waals surface area contributed by atoms with Crippen molar-refractivity contribution in [3.05, 3.63) is 29.8 Å². The number of hydrogen-bond acceptors (Lipinski definition) is 3. The van der Waals surface area contributed by atoms with Gasteiger partial charge in [-0.2, -0.15) is 0 Å². The number of carbonyl (C=O) groups excluding carboxylic acids is 1. The quantitative estimate of drug-likeness (QED) is 0.911. The molecule has 1 aromatic carbocycles. The van der Waals surface area contributed by atoms with Crippen molar-refractivity contribution >= 4 is 30.1 Å². The van der Waals surface area contributed by atoms with Crippen LogP contribution in [0, 0.1) is 5.92 Å². The van der Waals surface area contributed by atoms with Gasteiger partial charge in [0.25, 0.3) is 0 Å². The van der Waals surface area contributed by atoms with Crippen molar-refractivity contribution in [2.45, 2.75) is 36.0 Å². The Bertz CT molecular complexity index is 472. The number of nitrogens with zero attached hydrogens (tertiary/aromatic N) is 1. The minimum absolute atomic E-state index is 0. The van der Waals surface area contributed by atoms with Gasteiger partial charge in [-0.05, 0) is 43.9 Å². The van der Waals surface area contributed by atoms with E-state index in [0.717, 1.165) is 19.4 Å². The molecule has 3 atom stereocenters. The molecule has 1 aromatic rings. The Kier molecular flexibility index (Phi) is 4.99. The largest absolute Gasteiger partial charge is 0.339 e. The average molecular weight is 313 g/mol. The van der Waals surface area contributed by atoms with Crippen molar-refractivity contribution in [1.82, 2.24) is 4.90 Å². The van der Waals surface area contributed by atoms with Crippen LogP contribution in [0.2, 0.25) is 0 Å². The fourth-order valence-electron chi connectivity index (χ4n) is 3.13. The summed E-state index contributed by atoms with van der Waals surface area (Å²) < 4.78 is 0. The molecule has 0 saturated carbocycles. The smallest absolute Gasteiger partial charge is 0.236 e. The summed E-state index contributed by atoms with van der Waals surface area (Å²) in [4.78, 5) is 16.0. The maximum absolute atomic E-state index is 12.7. The minimum atomic E-state index is 0. The van der Waals surface area contributed by atoms with Gasteiger partial charge in [-0.1, -0.05) is 18.2 Å². The van der Waals surface area contributed by atoms with Gasteiger partial charge in [0, 0.05) is 17.5 Å². The Morgan fingerprint density at radius 2 is 2.20 bits per heavy atom. The second kappa shape index (κ2) is 6.37. The SMILES string of the molecule is CC1CC(CN)CN1C(=O)C1Cc2ccccc2S1.Cl. The molecule has 3 unspecified atom stereocenters. The van der Waals surface area contributed by atoms with Crippen LogP contribution < -0.4 is 5.73 Å². The van der Waals surface area contributed by atoms with Gasteiger partial charge >= 0.3 is 0 Å². The fourth-order valence-corrected chi connectivity index (χ4v) is 4.39. The second-order valence-corrected chi connectivity index (χ2v) is 6.84. The molecule has 0 radical (unpaired) electrons. The number of rotatable bonds is 2. The molecule has 0 aromatic heterocycles. The van der Waals surface area contributed by atoms with Gasteiger partial charge in [0.2, 0.25) is 5.91 Å². The summed E-state index contributed by atoms with van der Waals surface area (Å²) in [6, 6.07) is 8.68. The summed E-state index contributed by atoms with van der Waals surface area (Å²) in [6.45, 7) is 3.66. The Morgan fingerprint density at radius 3 is 2.85 bits per heavy atom. The first-order valence-corrected chi connectivity index (χ1v) is 7.82. The third-order valence-electron chi connectivity index (χ3n) is 4.20. The average Bonchev–Trinajstić information content (AvgIpc) is 3.01. The van der Waals surface area contributed by atoms with Crippen LogP contribution in [-0.2, 0) is 11.2 Å². The van der Waals surface area contributed by atoms with E-state index in [1.165, 1.54) is 10.5 Å². The highest BCUT2D eigenvalue weighted by atomic mass is 35.5. The van der Waals surface area contributed by atoms with E-state index in [1.54, 1.807) is 11.8 Å². The number of nitrogens with two attached hydrogens (primary N) is 1. The predicted octanol–water partition coefficient (Wildman–Crippen LogP) is 2.32. The van der Waals surface area contributed by atoms with Crippen LogP contribution in [0.1, 0.15) is 18.9 Å². The molecule has 0 spiro atoms. The monoisotopic (exact) mass is 312 g/mol. The highest BCUT2D eigenvalue weighted by Crippen LogP contribution is 2.38. The van der Waals surface area contributed by atoms with E-state index in [9.17, 15) is 4.79 Å². The number of likely N-dealkylation sites (tertiary alicyclic amines) is 1. The molecule has 2 aliphatic rings. The van der Waals surface area contributed by atoms with E-state index >= 15 is 0 Å². The minimum Gasteiger partial charge on any atom is -0.339 e. The first-order chi connectivity index (χ1) is 9.19. The molecule has 3 nitrogen and oxygen atoms in total. The van der Waals surface area contributed by atoms with Crippen LogP contribution in [0.15, 0.2) is 29.2 Å². The molecule has 5 heteroatoms. The molecule has 0 aliphatic carbocycles. The molecule has 3 rings (SSSR count). The van der Waals surface area contributed by atoms with Gasteiger partial charge < -0.3 is 10.6 Å². The van der Waals surface area contributed by atoms with Gasteiger partial charge in [0.05, 0.1) is 5.25 Å². The molecule has 2 aliphatic heterocycles. The highest BCUT2D eigenvalue weighted by molar-refractivity contribution is 8.01. The van der Waals surface area contributed by atoms with Crippen LogP contribution in [-0.4, -0.2) is 35.2 Å². The van der Waals surface area contributed by atoms with Crippen LogP contribution in [0.3, 0.4) is 0 Å². The number of amides is 1. The molecular weight excluding hydrogens is 292 g/mol. The standard InChI is InChI=1S/C15H20N2OS.ClH/c1-10-6-11(8-16)9-17(10)15(18)14-7-12-4-2-3-5-13(12)19-14;/h2-5,10-11,14H,6-9,16H2,1H3;1H. The summed E-state index contributed by atoms with van der Waals surface area (Å²) in [5.41, 5.74) is 7.05. The van der Waals surface area contributed by atoms with Crippen molar-refractivity contribution in [3.8, 4) is 0 Å².